The van der Waals surface area contributed by atoms with E-state index in [0.29, 0.717) is 26.3 Å². The molecule has 1 aromatic carbocycles. The molecule has 5 nitrogen and oxygen atoms in total. The summed E-state index contributed by atoms with van der Waals surface area (Å²) in [6.07, 6.45) is 1.75. The molecule has 5 heteroatoms. The first-order valence-corrected chi connectivity index (χ1v) is 6.45. The number of carbonyl (C=O) groups excluding carboxylic acids is 1. The number of nitrogens with zero attached hydrogens (tertiary/aromatic N) is 3. The number of amides is 1. The summed E-state index contributed by atoms with van der Waals surface area (Å²) >= 11 is 0. The Kier molecular flexibility index (Phi) is 2.98. The minimum atomic E-state index is 0.0700. The van der Waals surface area contributed by atoms with Gasteiger partial charge in [0.15, 0.2) is 0 Å². The van der Waals surface area contributed by atoms with Gasteiger partial charge in [0.05, 0.1) is 36.1 Å². The fourth-order valence-electron chi connectivity index (χ4n) is 2.54. The highest BCUT2D eigenvalue weighted by atomic mass is 16.5. The van der Waals surface area contributed by atoms with Crippen molar-refractivity contribution in [2.75, 3.05) is 26.3 Å². The first-order chi connectivity index (χ1) is 9.16. The van der Waals surface area contributed by atoms with Crippen LogP contribution in [0.5, 0.6) is 0 Å². The van der Waals surface area contributed by atoms with Crippen molar-refractivity contribution in [3.05, 3.63) is 29.6 Å². The Bertz CT molecular complexity index is 627. The van der Waals surface area contributed by atoms with Crippen LogP contribution in [0.1, 0.15) is 15.9 Å². The van der Waals surface area contributed by atoms with Gasteiger partial charge in [-0.3, -0.25) is 4.79 Å². The van der Waals surface area contributed by atoms with Gasteiger partial charge in [0.2, 0.25) is 0 Å². The number of hydrogen-bond donors (Lipinski definition) is 0. The summed E-state index contributed by atoms with van der Waals surface area (Å²) in [6.45, 7) is 4.54. The topological polar surface area (TPSA) is 47.4 Å². The average molecular weight is 259 g/mol. The van der Waals surface area contributed by atoms with Crippen LogP contribution in [-0.4, -0.2) is 46.7 Å². The van der Waals surface area contributed by atoms with Gasteiger partial charge in [-0.05, 0) is 24.6 Å². The molecule has 0 bridgehead atoms. The monoisotopic (exact) mass is 259 g/mol. The summed E-state index contributed by atoms with van der Waals surface area (Å²) in [7, 11) is 1.92. The van der Waals surface area contributed by atoms with Crippen molar-refractivity contribution >= 4 is 16.9 Å². The number of benzene rings is 1. The lowest BCUT2D eigenvalue weighted by Crippen LogP contribution is -2.40. The van der Waals surface area contributed by atoms with Crippen molar-refractivity contribution in [2.45, 2.75) is 6.92 Å². The van der Waals surface area contributed by atoms with Gasteiger partial charge in [-0.1, -0.05) is 0 Å². The Morgan fingerprint density at radius 3 is 2.79 bits per heavy atom. The molecule has 1 aromatic heterocycles. The Balaban J connectivity index is 2.07. The SMILES string of the molecule is Cc1cc(C(=O)N2CCOCC2)c2c(c1)ncn2C. The standard InChI is InChI=1S/C14H17N3O2/c1-10-7-11(13-12(8-10)15-9-16(13)2)14(18)17-3-5-19-6-4-17/h7-9H,3-6H2,1-2H3. The second-order valence-electron chi connectivity index (χ2n) is 4.94. The maximum absolute atomic E-state index is 12.6. The summed E-state index contributed by atoms with van der Waals surface area (Å²) in [4.78, 5) is 18.8. The molecule has 1 amide bonds. The third-order valence-corrected chi connectivity index (χ3v) is 3.49. The molecular weight excluding hydrogens is 242 g/mol. The molecule has 1 aliphatic rings. The highest BCUT2D eigenvalue weighted by Crippen LogP contribution is 2.21. The maximum Gasteiger partial charge on any atom is 0.256 e. The summed E-state index contributed by atoms with van der Waals surface area (Å²) < 4.78 is 7.20. The molecule has 0 spiro atoms. The Morgan fingerprint density at radius 1 is 1.32 bits per heavy atom. The number of hydrogen-bond acceptors (Lipinski definition) is 3. The average Bonchev–Trinajstić information content (AvgIpc) is 2.79. The number of imidazole rings is 1. The van der Waals surface area contributed by atoms with E-state index in [9.17, 15) is 4.79 Å². The van der Waals surface area contributed by atoms with Gasteiger partial charge in [-0.2, -0.15) is 0 Å². The molecule has 3 rings (SSSR count). The van der Waals surface area contributed by atoms with Gasteiger partial charge in [-0.15, -0.1) is 0 Å². The number of aryl methyl sites for hydroxylation is 2. The molecule has 0 atom stereocenters. The molecule has 2 aromatic rings. The van der Waals surface area contributed by atoms with E-state index in [2.05, 4.69) is 4.98 Å². The Labute approximate surface area is 111 Å². The third kappa shape index (κ3) is 2.10. The van der Waals surface area contributed by atoms with E-state index in [0.717, 1.165) is 22.2 Å². The zero-order valence-electron chi connectivity index (χ0n) is 11.2. The van der Waals surface area contributed by atoms with Gasteiger partial charge in [-0.25, -0.2) is 4.98 Å². The van der Waals surface area contributed by atoms with E-state index >= 15 is 0 Å². The molecule has 1 saturated heterocycles. The summed E-state index contributed by atoms with van der Waals surface area (Å²) in [5, 5.41) is 0. The van der Waals surface area contributed by atoms with Crippen LogP contribution in [0.3, 0.4) is 0 Å². The molecule has 19 heavy (non-hydrogen) atoms. The van der Waals surface area contributed by atoms with E-state index in [1.807, 2.05) is 35.6 Å². The quantitative estimate of drug-likeness (QED) is 0.776. The molecule has 2 heterocycles. The highest BCUT2D eigenvalue weighted by molar-refractivity contribution is 6.05. The fourth-order valence-corrected chi connectivity index (χ4v) is 2.54. The number of morpholine rings is 1. The molecule has 0 radical (unpaired) electrons. The zero-order valence-corrected chi connectivity index (χ0v) is 11.2. The molecular formula is C14H17N3O2. The van der Waals surface area contributed by atoms with Crippen LogP contribution in [0.2, 0.25) is 0 Å². The van der Waals surface area contributed by atoms with E-state index in [-0.39, 0.29) is 5.91 Å². The fraction of sp³-hybridized carbons (Fsp3) is 0.429. The Hall–Kier alpha value is -1.88. The van der Waals surface area contributed by atoms with Crippen molar-refractivity contribution in [1.82, 2.24) is 14.5 Å². The minimum Gasteiger partial charge on any atom is -0.378 e. The van der Waals surface area contributed by atoms with Crippen molar-refractivity contribution in [3.63, 3.8) is 0 Å². The lowest BCUT2D eigenvalue weighted by atomic mass is 10.1. The largest absolute Gasteiger partial charge is 0.378 e. The number of fused-ring (bicyclic) bond motifs is 1. The van der Waals surface area contributed by atoms with Gasteiger partial charge < -0.3 is 14.2 Å². The first-order valence-electron chi connectivity index (χ1n) is 6.45. The Morgan fingerprint density at radius 2 is 2.05 bits per heavy atom. The van der Waals surface area contributed by atoms with E-state index < -0.39 is 0 Å². The molecule has 1 aliphatic heterocycles. The molecule has 0 unspecified atom stereocenters. The van der Waals surface area contributed by atoms with Crippen molar-refractivity contribution in [3.8, 4) is 0 Å². The van der Waals surface area contributed by atoms with Crippen molar-refractivity contribution in [2.24, 2.45) is 7.05 Å². The number of carbonyl (C=O) groups is 1. The molecule has 100 valence electrons. The third-order valence-electron chi connectivity index (χ3n) is 3.49. The van der Waals surface area contributed by atoms with E-state index in [1.165, 1.54) is 0 Å². The second kappa shape index (κ2) is 4.66. The lowest BCUT2D eigenvalue weighted by molar-refractivity contribution is 0.0304. The van der Waals surface area contributed by atoms with Crippen LogP contribution in [0.15, 0.2) is 18.5 Å². The van der Waals surface area contributed by atoms with Crippen LogP contribution in [0.25, 0.3) is 11.0 Å². The predicted octanol–water partition coefficient (Wildman–Crippen LogP) is 1.35. The normalized spacial score (nSPS) is 16.0. The first kappa shape index (κ1) is 12.2. The van der Waals surface area contributed by atoms with Crippen LogP contribution < -0.4 is 0 Å². The van der Waals surface area contributed by atoms with Crippen LogP contribution in [0.4, 0.5) is 0 Å². The van der Waals surface area contributed by atoms with E-state index in [4.69, 9.17) is 4.74 Å². The highest BCUT2D eigenvalue weighted by Gasteiger charge is 2.22. The second-order valence-corrected chi connectivity index (χ2v) is 4.94. The van der Waals surface area contributed by atoms with Gasteiger partial charge >= 0.3 is 0 Å². The minimum absolute atomic E-state index is 0.0700. The number of ether oxygens (including phenoxy) is 1. The van der Waals surface area contributed by atoms with E-state index in [1.54, 1.807) is 6.33 Å². The number of rotatable bonds is 1. The smallest absolute Gasteiger partial charge is 0.256 e. The maximum atomic E-state index is 12.6. The van der Waals surface area contributed by atoms with Crippen LogP contribution in [-0.2, 0) is 11.8 Å². The molecule has 0 saturated carbocycles. The van der Waals surface area contributed by atoms with Crippen molar-refractivity contribution < 1.29 is 9.53 Å². The summed E-state index contributed by atoms with van der Waals surface area (Å²) in [5.41, 5.74) is 3.57. The van der Waals surface area contributed by atoms with Gasteiger partial charge in [0.25, 0.3) is 5.91 Å². The van der Waals surface area contributed by atoms with Crippen LogP contribution in [0, 0.1) is 6.92 Å². The molecule has 0 aliphatic carbocycles. The summed E-state index contributed by atoms with van der Waals surface area (Å²) in [6, 6.07) is 3.95. The zero-order chi connectivity index (χ0) is 13.4. The predicted molar refractivity (Wildman–Crippen MR) is 72.2 cm³/mol. The van der Waals surface area contributed by atoms with Crippen molar-refractivity contribution in [1.29, 1.82) is 0 Å². The number of aromatic nitrogens is 2. The molecule has 1 fully saturated rings. The van der Waals surface area contributed by atoms with Crippen LogP contribution >= 0.6 is 0 Å². The van der Waals surface area contributed by atoms with Gasteiger partial charge in [0, 0.05) is 20.1 Å². The molecule has 0 N–H and O–H groups in total. The lowest BCUT2D eigenvalue weighted by Gasteiger charge is -2.27. The van der Waals surface area contributed by atoms with Gasteiger partial charge in [0.1, 0.15) is 0 Å². The summed E-state index contributed by atoms with van der Waals surface area (Å²) in [5.74, 6) is 0.0700.